The average Bonchev–Trinajstić information content (AvgIpc) is 3.23. The van der Waals surface area contributed by atoms with Crippen molar-refractivity contribution in [1.29, 1.82) is 5.26 Å². The Hall–Kier alpha value is -1.87. The number of nitrogens with two attached hydrogens (primary N) is 1. The predicted octanol–water partition coefficient (Wildman–Crippen LogP) is 3.06. The first-order valence-corrected chi connectivity index (χ1v) is 9.55. The number of hydrogen-bond donors (Lipinski definition) is 1. The monoisotopic (exact) mass is 360 g/mol. The van der Waals surface area contributed by atoms with E-state index >= 15 is 0 Å². The van der Waals surface area contributed by atoms with Crippen LogP contribution in [-0.4, -0.2) is 19.2 Å². The molecule has 3 rings (SSSR count). The minimum Gasteiger partial charge on any atom is -0.312 e. The van der Waals surface area contributed by atoms with Gasteiger partial charge in [0.15, 0.2) is 9.84 Å². The van der Waals surface area contributed by atoms with Crippen LogP contribution in [0, 0.1) is 11.3 Å². The molecule has 2 aromatic rings. The lowest BCUT2D eigenvalue weighted by Gasteiger charge is -2.05. The van der Waals surface area contributed by atoms with E-state index in [0.717, 1.165) is 17.5 Å². The van der Waals surface area contributed by atoms with Crippen molar-refractivity contribution in [2.75, 3.05) is 0 Å². The SMILES string of the molecule is CCc1ccc([C@@H]2[C@H](S(=O)(=O)c3ccc(Cl)cc3)[C@@]2(N)C#N)cc1. The van der Waals surface area contributed by atoms with Gasteiger partial charge >= 0.3 is 0 Å². The summed E-state index contributed by atoms with van der Waals surface area (Å²) in [6.07, 6.45) is 0.892. The number of hydrogen-bond acceptors (Lipinski definition) is 4. The summed E-state index contributed by atoms with van der Waals surface area (Å²) in [7, 11) is -3.72. The lowest BCUT2D eigenvalue weighted by Crippen LogP contribution is -2.29. The number of rotatable bonds is 4. The van der Waals surface area contributed by atoms with Crippen LogP contribution in [0.5, 0.6) is 0 Å². The molecule has 2 N–H and O–H groups in total. The fourth-order valence-electron chi connectivity index (χ4n) is 3.13. The molecule has 0 radical (unpaired) electrons. The molecule has 0 aliphatic heterocycles. The number of aryl methyl sites for hydroxylation is 1. The van der Waals surface area contributed by atoms with E-state index < -0.39 is 26.5 Å². The molecular weight excluding hydrogens is 344 g/mol. The molecule has 1 aliphatic rings. The summed E-state index contributed by atoms with van der Waals surface area (Å²) in [4.78, 5) is 0.134. The maximum Gasteiger partial charge on any atom is 0.184 e. The molecule has 4 nitrogen and oxygen atoms in total. The minimum absolute atomic E-state index is 0.134. The summed E-state index contributed by atoms with van der Waals surface area (Å²) in [6.45, 7) is 2.04. The van der Waals surface area contributed by atoms with Gasteiger partial charge in [-0.25, -0.2) is 8.42 Å². The van der Waals surface area contributed by atoms with Crippen molar-refractivity contribution >= 4 is 21.4 Å². The second kappa shape index (κ2) is 5.89. The van der Waals surface area contributed by atoms with Crippen LogP contribution in [-0.2, 0) is 16.3 Å². The summed E-state index contributed by atoms with van der Waals surface area (Å²) in [5.41, 5.74) is 6.64. The van der Waals surface area contributed by atoms with Gasteiger partial charge in [0, 0.05) is 10.9 Å². The van der Waals surface area contributed by atoms with Crippen LogP contribution in [0.2, 0.25) is 5.02 Å². The van der Waals surface area contributed by atoms with Crippen LogP contribution >= 0.6 is 11.6 Å². The molecule has 1 aliphatic carbocycles. The van der Waals surface area contributed by atoms with Crippen molar-refractivity contribution in [3.63, 3.8) is 0 Å². The maximum atomic E-state index is 12.9. The van der Waals surface area contributed by atoms with Crippen molar-refractivity contribution in [1.82, 2.24) is 0 Å². The Morgan fingerprint density at radius 2 is 1.75 bits per heavy atom. The summed E-state index contributed by atoms with van der Waals surface area (Å²) < 4.78 is 25.8. The molecule has 0 amide bonds. The van der Waals surface area contributed by atoms with E-state index in [4.69, 9.17) is 17.3 Å². The van der Waals surface area contributed by atoms with Crippen LogP contribution in [0.1, 0.15) is 24.0 Å². The molecular formula is C18H17ClN2O2S. The quantitative estimate of drug-likeness (QED) is 0.908. The highest BCUT2D eigenvalue weighted by atomic mass is 35.5. The average molecular weight is 361 g/mol. The van der Waals surface area contributed by atoms with Crippen molar-refractivity contribution in [2.45, 2.75) is 34.9 Å². The molecule has 1 saturated carbocycles. The van der Waals surface area contributed by atoms with Gasteiger partial charge in [-0.2, -0.15) is 5.26 Å². The molecule has 0 bridgehead atoms. The first-order valence-electron chi connectivity index (χ1n) is 7.63. The predicted molar refractivity (Wildman–Crippen MR) is 93.5 cm³/mol. The van der Waals surface area contributed by atoms with Gasteiger partial charge in [0.1, 0.15) is 10.8 Å². The standard InChI is InChI=1S/C18H17ClN2O2S/c1-2-12-3-5-13(6-4-12)16-17(18(16,21)11-20)24(22,23)15-9-7-14(19)8-10-15/h3-10,16-17H,2,21H2,1H3/t16-,17+,18-/m1/s1. The molecule has 0 spiro atoms. The van der Waals surface area contributed by atoms with Gasteiger partial charge in [-0.1, -0.05) is 42.8 Å². The second-order valence-corrected chi connectivity index (χ2v) is 8.54. The van der Waals surface area contributed by atoms with Crippen LogP contribution < -0.4 is 5.73 Å². The molecule has 0 aromatic heterocycles. The van der Waals surface area contributed by atoms with E-state index in [1.807, 2.05) is 37.3 Å². The minimum atomic E-state index is -3.72. The summed E-state index contributed by atoms with van der Waals surface area (Å²) in [6, 6.07) is 15.5. The molecule has 3 atom stereocenters. The number of benzene rings is 2. The zero-order valence-corrected chi connectivity index (χ0v) is 14.7. The Kier molecular flexibility index (Phi) is 4.16. The summed E-state index contributed by atoms with van der Waals surface area (Å²) in [5, 5.41) is 8.96. The van der Waals surface area contributed by atoms with Crippen LogP contribution in [0.15, 0.2) is 53.4 Å². The first-order chi connectivity index (χ1) is 11.3. The highest BCUT2D eigenvalue weighted by Gasteiger charge is 2.70. The summed E-state index contributed by atoms with van der Waals surface area (Å²) >= 11 is 5.82. The van der Waals surface area contributed by atoms with Gasteiger partial charge in [0.2, 0.25) is 0 Å². The third-order valence-electron chi connectivity index (χ3n) is 4.60. The third-order valence-corrected chi connectivity index (χ3v) is 7.11. The zero-order valence-electron chi connectivity index (χ0n) is 13.1. The smallest absolute Gasteiger partial charge is 0.184 e. The van der Waals surface area contributed by atoms with E-state index in [-0.39, 0.29) is 4.90 Å². The lowest BCUT2D eigenvalue weighted by molar-refractivity contribution is 0.592. The van der Waals surface area contributed by atoms with Crippen molar-refractivity contribution in [3.05, 3.63) is 64.7 Å². The Labute approximate surface area is 146 Å². The van der Waals surface area contributed by atoms with E-state index in [1.54, 1.807) is 0 Å². The number of sulfone groups is 1. The van der Waals surface area contributed by atoms with Crippen molar-refractivity contribution < 1.29 is 8.42 Å². The molecule has 0 unspecified atom stereocenters. The van der Waals surface area contributed by atoms with E-state index in [9.17, 15) is 13.7 Å². The van der Waals surface area contributed by atoms with E-state index in [2.05, 4.69) is 0 Å². The largest absolute Gasteiger partial charge is 0.312 e. The van der Waals surface area contributed by atoms with Gasteiger partial charge in [-0.05, 0) is 41.8 Å². The molecule has 24 heavy (non-hydrogen) atoms. The van der Waals surface area contributed by atoms with Crippen molar-refractivity contribution in [2.24, 2.45) is 5.73 Å². The Balaban J connectivity index is 2.00. The number of nitrogens with zero attached hydrogens (tertiary/aromatic N) is 1. The van der Waals surface area contributed by atoms with Gasteiger partial charge in [0.25, 0.3) is 0 Å². The topological polar surface area (TPSA) is 83.9 Å². The lowest BCUT2D eigenvalue weighted by atomic mass is 10.0. The third kappa shape index (κ3) is 2.61. The normalized spacial score (nSPS) is 25.9. The van der Waals surface area contributed by atoms with Gasteiger partial charge in [0.05, 0.1) is 11.0 Å². The molecule has 0 saturated heterocycles. The van der Waals surface area contributed by atoms with E-state index in [1.165, 1.54) is 24.3 Å². The fourth-order valence-corrected chi connectivity index (χ4v) is 5.43. The highest BCUT2D eigenvalue weighted by Crippen LogP contribution is 2.55. The van der Waals surface area contributed by atoms with E-state index in [0.29, 0.717) is 5.02 Å². The summed E-state index contributed by atoms with van der Waals surface area (Å²) in [5.74, 6) is -0.533. The van der Waals surface area contributed by atoms with Gasteiger partial charge < -0.3 is 5.73 Å². The number of nitriles is 1. The maximum absolute atomic E-state index is 12.9. The molecule has 1 fully saturated rings. The van der Waals surface area contributed by atoms with Crippen LogP contribution in [0.25, 0.3) is 0 Å². The Morgan fingerprint density at radius 1 is 1.17 bits per heavy atom. The molecule has 0 heterocycles. The number of halogens is 1. The second-order valence-electron chi connectivity index (χ2n) is 6.04. The van der Waals surface area contributed by atoms with Gasteiger partial charge in [-0.15, -0.1) is 0 Å². The molecule has 124 valence electrons. The van der Waals surface area contributed by atoms with Crippen molar-refractivity contribution in [3.8, 4) is 6.07 Å². The molecule has 6 heteroatoms. The Bertz CT molecular complexity index is 902. The first kappa shape index (κ1) is 17.0. The zero-order chi connectivity index (χ0) is 17.5. The van der Waals surface area contributed by atoms with Gasteiger partial charge in [-0.3, -0.25) is 0 Å². The fraction of sp³-hybridized carbons (Fsp3) is 0.278. The molecule has 2 aromatic carbocycles. The highest BCUT2D eigenvalue weighted by molar-refractivity contribution is 7.92. The van der Waals surface area contributed by atoms with Crippen LogP contribution in [0.3, 0.4) is 0 Å². The van der Waals surface area contributed by atoms with Crippen LogP contribution in [0.4, 0.5) is 0 Å². The Morgan fingerprint density at radius 3 is 2.25 bits per heavy atom.